The molecular formula is C13H22N4OS. The quantitative estimate of drug-likeness (QED) is 0.919. The van der Waals surface area contributed by atoms with Gasteiger partial charge >= 0.3 is 0 Å². The van der Waals surface area contributed by atoms with Crippen LogP contribution >= 0.6 is 11.8 Å². The van der Waals surface area contributed by atoms with E-state index in [1.165, 1.54) is 6.42 Å². The van der Waals surface area contributed by atoms with Gasteiger partial charge in [0.1, 0.15) is 0 Å². The molecule has 0 fully saturated rings. The van der Waals surface area contributed by atoms with E-state index in [0.717, 1.165) is 24.7 Å². The van der Waals surface area contributed by atoms with Crippen molar-refractivity contribution in [2.75, 3.05) is 13.1 Å². The Hall–Kier alpha value is -1.04. The van der Waals surface area contributed by atoms with E-state index in [4.69, 9.17) is 4.52 Å². The van der Waals surface area contributed by atoms with Crippen molar-refractivity contribution in [3.8, 4) is 0 Å². The second-order valence-electron chi connectivity index (χ2n) is 6.06. The van der Waals surface area contributed by atoms with Crippen LogP contribution in [0.3, 0.4) is 0 Å². The van der Waals surface area contributed by atoms with Gasteiger partial charge in [-0.05, 0) is 18.8 Å². The van der Waals surface area contributed by atoms with Crippen LogP contribution in [-0.2, 0) is 6.42 Å². The van der Waals surface area contributed by atoms with Crippen molar-refractivity contribution in [1.82, 2.24) is 15.5 Å². The summed E-state index contributed by atoms with van der Waals surface area (Å²) in [4.78, 5) is 8.71. The fourth-order valence-corrected chi connectivity index (χ4v) is 3.40. The highest BCUT2D eigenvalue weighted by atomic mass is 32.2. The molecule has 1 aromatic heterocycles. The van der Waals surface area contributed by atoms with Gasteiger partial charge < -0.3 is 9.84 Å². The lowest BCUT2D eigenvalue weighted by Gasteiger charge is -2.21. The van der Waals surface area contributed by atoms with E-state index in [2.05, 4.69) is 41.2 Å². The molecule has 6 heteroatoms. The first-order valence-electron chi connectivity index (χ1n) is 6.66. The van der Waals surface area contributed by atoms with Crippen LogP contribution in [0.1, 0.15) is 38.9 Å². The Morgan fingerprint density at radius 2 is 2.21 bits per heavy atom. The summed E-state index contributed by atoms with van der Waals surface area (Å²) < 4.78 is 5.07. The van der Waals surface area contributed by atoms with Gasteiger partial charge in [-0.2, -0.15) is 4.98 Å². The van der Waals surface area contributed by atoms with E-state index < -0.39 is 0 Å². The number of amidine groups is 1. The number of aryl methyl sites for hydroxylation is 1. The standard InChI is InChI=1S/C13H22N4OS/c1-9-16-11(18-17-9)5-6-14-12-15-8-10(19-12)7-13(2,3)4/h10H,5-8H2,1-4H3,(H,14,15). The van der Waals surface area contributed by atoms with Crippen molar-refractivity contribution in [2.45, 2.75) is 45.8 Å². The number of thioether (sulfide) groups is 1. The Kier molecular flexibility index (Phi) is 4.50. The molecule has 1 aromatic rings. The molecule has 19 heavy (non-hydrogen) atoms. The smallest absolute Gasteiger partial charge is 0.228 e. The van der Waals surface area contributed by atoms with Crippen molar-refractivity contribution in [2.24, 2.45) is 10.4 Å². The lowest BCUT2D eigenvalue weighted by molar-refractivity contribution is 0.374. The molecule has 0 aromatic carbocycles. The van der Waals surface area contributed by atoms with Crippen molar-refractivity contribution in [1.29, 1.82) is 0 Å². The number of aromatic nitrogens is 2. The summed E-state index contributed by atoms with van der Waals surface area (Å²) >= 11 is 1.85. The van der Waals surface area contributed by atoms with E-state index >= 15 is 0 Å². The average molecular weight is 282 g/mol. The second-order valence-corrected chi connectivity index (χ2v) is 7.35. The summed E-state index contributed by atoms with van der Waals surface area (Å²) in [7, 11) is 0. The average Bonchev–Trinajstić information content (AvgIpc) is 2.86. The van der Waals surface area contributed by atoms with Gasteiger partial charge in [0.05, 0.1) is 6.54 Å². The third-order valence-corrected chi connectivity index (χ3v) is 3.89. The minimum Gasteiger partial charge on any atom is -0.364 e. The summed E-state index contributed by atoms with van der Waals surface area (Å²) in [5.41, 5.74) is 0.365. The van der Waals surface area contributed by atoms with E-state index in [1.807, 2.05) is 18.7 Å². The van der Waals surface area contributed by atoms with Crippen LogP contribution in [0.2, 0.25) is 0 Å². The fraction of sp³-hybridized carbons (Fsp3) is 0.769. The lowest BCUT2D eigenvalue weighted by Crippen LogP contribution is -2.23. The molecule has 5 nitrogen and oxygen atoms in total. The Morgan fingerprint density at radius 1 is 1.42 bits per heavy atom. The van der Waals surface area contributed by atoms with Gasteiger partial charge in [-0.1, -0.05) is 37.7 Å². The Bertz CT molecular complexity index is 450. The topological polar surface area (TPSA) is 63.3 Å². The summed E-state index contributed by atoms with van der Waals surface area (Å²) in [6.07, 6.45) is 1.93. The summed E-state index contributed by atoms with van der Waals surface area (Å²) in [6, 6.07) is 0. The summed E-state index contributed by atoms with van der Waals surface area (Å²) in [5.74, 6) is 1.37. The highest BCUT2D eigenvalue weighted by Gasteiger charge is 2.24. The molecule has 0 amide bonds. The molecule has 1 unspecified atom stereocenters. The van der Waals surface area contributed by atoms with E-state index in [-0.39, 0.29) is 0 Å². The van der Waals surface area contributed by atoms with Crippen LogP contribution in [-0.4, -0.2) is 33.6 Å². The first kappa shape index (κ1) is 14.4. The maximum Gasteiger partial charge on any atom is 0.228 e. The third-order valence-electron chi connectivity index (χ3n) is 2.74. The lowest BCUT2D eigenvalue weighted by atomic mass is 9.90. The molecule has 1 N–H and O–H groups in total. The minimum atomic E-state index is 0.365. The van der Waals surface area contributed by atoms with Gasteiger partial charge in [0.25, 0.3) is 0 Å². The number of nitrogens with one attached hydrogen (secondary N) is 1. The van der Waals surface area contributed by atoms with Gasteiger partial charge in [0.15, 0.2) is 11.0 Å². The van der Waals surface area contributed by atoms with Gasteiger partial charge in [-0.3, -0.25) is 4.99 Å². The van der Waals surface area contributed by atoms with Gasteiger partial charge in [-0.25, -0.2) is 0 Å². The van der Waals surface area contributed by atoms with Crippen molar-refractivity contribution < 1.29 is 4.52 Å². The SMILES string of the molecule is Cc1noc(CCNC2=NCC(CC(C)(C)C)S2)n1. The normalized spacial score (nSPS) is 19.6. The van der Waals surface area contributed by atoms with Gasteiger partial charge in [0.2, 0.25) is 5.89 Å². The van der Waals surface area contributed by atoms with Crippen LogP contribution < -0.4 is 5.32 Å². The van der Waals surface area contributed by atoms with Crippen LogP contribution in [0.15, 0.2) is 9.52 Å². The fourth-order valence-electron chi connectivity index (χ4n) is 2.02. The third kappa shape index (κ3) is 4.86. The molecule has 1 aliphatic heterocycles. The van der Waals surface area contributed by atoms with E-state index in [9.17, 15) is 0 Å². The highest BCUT2D eigenvalue weighted by molar-refractivity contribution is 8.14. The van der Waals surface area contributed by atoms with Crippen molar-refractivity contribution >= 4 is 16.9 Å². The maximum absolute atomic E-state index is 5.07. The molecule has 0 bridgehead atoms. The molecule has 0 aliphatic carbocycles. The summed E-state index contributed by atoms with van der Waals surface area (Å²) in [6.45, 7) is 10.4. The molecule has 2 rings (SSSR count). The van der Waals surface area contributed by atoms with Crippen molar-refractivity contribution in [3.05, 3.63) is 11.7 Å². The second kappa shape index (κ2) is 5.94. The first-order chi connectivity index (χ1) is 8.92. The molecule has 0 saturated heterocycles. The first-order valence-corrected chi connectivity index (χ1v) is 7.54. The molecule has 106 valence electrons. The number of hydrogen-bond acceptors (Lipinski definition) is 6. The maximum atomic E-state index is 5.07. The Balaban J connectivity index is 1.68. The van der Waals surface area contributed by atoms with E-state index in [0.29, 0.717) is 22.4 Å². The zero-order valence-corrected chi connectivity index (χ0v) is 12.9. The molecule has 0 saturated carbocycles. The molecule has 1 atom stereocenters. The predicted molar refractivity (Wildman–Crippen MR) is 78.5 cm³/mol. The van der Waals surface area contributed by atoms with Crippen molar-refractivity contribution in [3.63, 3.8) is 0 Å². The van der Waals surface area contributed by atoms with Gasteiger partial charge in [0, 0.05) is 18.2 Å². The largest absolute Gasteiger partial charge is 0.364 e. The Morgan fingerprint density at radius 3 is 2.84 bits per heavy atom. The number of rotatable bonds is 4. The van der Waals surface area contributed by atoms with Gasteiger partial charge in [-0.15, -0.1) is 0 Å². The number of nitrogens with zero attached hydrogens (tertiary/aromatic N) is 3. The predicted octanol–water partition coefficient (Wildman–Crippen LogP) is 2.42. The molecule has 0 spiro atoms. The molecule has 0 radical (unpaired) electrons. The van der Waals surface area contributed by atoms with Crippen LogP contribution in [0.4, 0.5) is 0 Å². The molecular weight excluding hydrogens is 260 g/mol. The summed E-state index contributed by atoms with van der Waals surface area (Å²) in [5, 5.41) is 8.76. The number of aliphatic imine (C=N–C) groups is 1. The van der Waals surface area contributed by atoms with Crippen LogP contribution in [0.25, 0.3) is 0 Å². The molecule has 1 aliphatic rings. The minimum absolute atomic E-state index is 0.365. The Labute approximate surface area is 118 Å². The monoisotopic (exact) mass is 282 g/mol. The van der Waals surface area contributed by atoms with Crippen LogP contribution in [0.5, 0.6) is 0 Å². The zero-order valence-electron chi connectivity index (χ0n) is 12.1. The molecule has 2 heterocycles. The van der Waals surface area contributed by atoms with Crippen LogP contribution in [0, 0.1) is 12.3 Å². The highest BCUT2D eigenvalue weighted by Crippen LogP contribution is 2.31. The zero-order chi connectivity index (χ0) is 13.9. The van der Waals surface area contributed by atoms with E-state index in [1.54, 1.807) is 0 Å². The number of hydrogen-bond donors (Lipinski definition) is 1.